The van der Waals surface area contributed by atoms with Crippen molar-refractivity contribution in [1.82, 2.24) is 0 Å². The Bertz CT molecular complexity index is 604. The van der Waals surface area contributed by atoms with Gasteiger partial charge >= 0.3 is 5.97 Å². The highest BCUT2D eigenvalue weighted by molar-refractivity contribution is 6.17. The molecular formula is C15H15NO5. The van der Waals surface area contributed by atoms with Crippen molar-refractivity contribution in [3.8, 4) is 5.75 Å². The Morgan fingerprint density at radius 2 is 1.95 bits per heavy atom. The van der Waals surface area contributed by atoms with Crippen LogP contribution < -0.4 is 9.64 Å². The Kier molecular flexibility index (Phi) is 4.37. The fraction of sp³-hybridized carbons (Fsp3) is 0.267. The molecule has 6 heteroatoms. The number of carbonyl (C=O) groups is 3. The van der Waals surface area contributed by atoms with E-state index in [1.165, 1.54) is 13.2 Å². The normalized spacial score (nSPS) is 15.6. The number of amides is 2. The lowest BCUT2D eigenvalue weighted by atomic mass is 10.1. The van der Waals surface area contributed by atoms with E-state index in [2.05, 4.69) is 0 Å². The van der Waals surface area contributed by atoms with Gasteiger partial charge in [0.05, 0.1) is 12.8 Å². The van der Waals surface area contributed by atoms with Crippen LogP contribution in [-0.2, 0) is 14.4 Å². The molecular weight excluding hydrogens is 274 g/mol. The molecule has 0 atom stereocenters. The van der Waals surface area contributed by atoms with Gasteiger partial charge in [-0.3, -0.25) is 9.59 Å². The van der Waals surface area contributed by atoms with Gasteiger partial charge in [0.1, 0.15) is 5.75 Å². The third-order valence-electron chi connectivity index (χ3n) is 3.14. The van der Waals surface area contributed by atoms with Gasteiger partial charge in [-0.1, -0.05) is 6.07 Å². The molecule has 110 valence electrons. The largest absolute Gasteiger partial charge is 0.495 e. The van der Waals surface area contributed by atoms with Crippen molar-refractivity contribution < 1.29 is 24.2 Å². The number of rotatable bonds is 4. The molecule has 2 rings (SSSR count). The number of benzene rings is 1. The average molecular weight is 289 g/mol. The number of methoxy groups -OCH3 is 1. The predicted octanol–water partition coefficient (Wildman–Crippen LogP) is 1.84. The molecule has 6 nitrogen and oxygen atoms in total. The number of aliphatic carboxylic acids is 1. The van der Waals surface area contributed by atoms with Crippen molar-refractivity contribution in [1.29, 1.82) is 0 Å². The summed E-state index contributed by atoms with van der Waals surface area (Å²) in [7, 11) is 1.45. The summed E-state index contributed by atoms with van der Waals surface area (Å²) in [5, 5.41) is 8.65. The van der Waals surface area contributed by atoms with Gasteiger partial charge in [-0.05, 0) is 30.2 Å². The summed E-state index contributed by atoms with van der Waals surface area (Å²) in [6.07, 6.45) is 3.55. The van der Waals surface area contributed by atoms with Gasteiger partial charge in [-0.2, -0.15) is 0 Å². The van der Waals surface area contributed by atoms with Crippen LogP contribution in [0, 0.1) is 0 Å². The van der Waals surface area contributed by atoms with Crippen LogP contribution >= 0.6 is 0 Å². The summed E-state index contributed by atoms with van der Waals surface area (Å²) in [4.78, 5) is 35.6. The molecule has 0 saturated carbocycles. The topological polar surface area (TPSA) is 83.9 Å². The number of hydrogen-bond acceptors (Lipinski definition) is 4. The van der Waals surface area contributed by atoms with Gasteiger partial charge in [0.25, 0.3) is 0 Å². The van der Waals surface area contributed by atoms with Crippen molar-refractivity contribution in [3.63, 3.8) is 0 Å². The van der Waals surface area contributed by atoms with Crippen LogP contribution in [0.5, 0.6) is 5.75 Å². The number of carboxylic acid groups (broad SMARTS) is 1. The molecule has 1 heterocycles. The first-order valence-corrected chi connectivity index (χ1v) is 6.47. The highest BCUT2D eigenvalue weighted by Gasteiger charge is 2.29. The van der Waals surface area contributed by atoms with Crippen LogP contribution in [0.2, 0.25) is 0 Å². The molecule has 21 heavy (non-hydrogen) atoms. The van der Waals surface area contributed by atoms with E-state index in [0.717, 1.165) is 11.0 Å². The third kappa shape index (κ3) is 3.28. The van der Waals surface area contributed by atoms with E-state index < -0.39 is 5.97 Å². The smallest absolute Gasteiger partial charge is 0.328 e. The Balaban J connectivity index is 2.44. The number of nitrogens with zero attached hydrogens (tertiary/aromatic N) is 1. The maximum atomic E-state index is 12.0. The molecule has 0 spiro atoms. The second kappa shape index (κ2) is 6.21. The minimum Gasteiger partial charge on any atom is -0.495 e. The van der Waals surface area contributed by atoms with Crippen molar-refractivity contribution in [2.24, 2.45) is 0 Å². The Morgan fingerprint density at radius 3 is 2.52 bits per heavy atom. The molecule has 1 aliphatic rings. The quantitative estimate of drug-likeness (QED) is 0.675. The Hall–Kier alpha value is -2.63. The SMILES string of the molecule is COc1ccc(C=CC(=O)O)cc1N1C(=O)CCCC1=O. The van der Waals surface area contributed by atoms with E-state index in [4.69, 9.17) is 9.84 Å². The van der Waals surface area contributed by atoms with Crippen LogP contribution in [0.3, 0.4) is 0 Å². The number of carboxylic acids is 1. The maximum Gasteiger partial charge on any atom is 0.328 e. The zero-order valence-electron chi connectivity index (χ0n) is 11.5. The highest BCUT2D eigenvalue weighted by atomic mass is 16.5. The van der Waals surface area contributed by atoms with Gasteiger partial charge in [0.15, 0.2) is 0 Å². The molecule has 1 aliphatic heterocycles. The van der Waals surface area contributed by atoms with Crippen LogP contribution in [0.25, 0.3) is 6.08 Å². The van der Waals surface area contributed by atoms with E-state index in [9.17, 15) is 14.4 Å². The summed E-state index contributed by atoms with van der Waals surface area (Å²) < 4.78 is 5.19. The molecule has 1 fully saturated rings. The van der Waals surface area contributed by atoms with Gasteiger partial charge in [-0.25, -0.2) is 9.69 Å². The second-order valence-electron chi connectivity index (χ2n) is 4.58. The zero-order chi connectivity index (χ0) is 15.4. The number of piperidine rings is 1. The second-order valence-corrected chi connectivity index (χ2v) is 4.58. The molecule has 0 radical (unpaired) electrons. The first-order valence-electron chi connectivity index (χ1n) is 6.47. The average Bonchev–Trinajstić information content (AvgIpc) is 2.45. The van der Waals surface area contributed by atoms with Crippen LogP contribution in [-0.4, -0.2) is 30.0 Å². The fourth-order valence-corrected chi connectivity index (χ4v) is 2.18. The molecule has 2 amide bonds. The first kappa shape index (κ1) is 14.8. The highest BCUT2D eigenvalue weighted by Crippen LogP contribution is 2.32. The number of ether oxygens (including phenoxy) is 1. The summed E-state index contributed by atoms with van der Waals surface area (Å²) in [5.74, 6) is -1.23. The Labute approximate surface area is 121 Å². The fourth-order valence-electron chi connectivity index (χ4n) is 2.18. The molecule has 0 unspecified atom stereocenters. The number of anilines is 1. The zero-order valence-corrected chi connectivity index (χ0v) is 11.5. The molecule has 1 aromatic rings. The standard InChI is InChI=1S/C15H15NO5/c1-21-12-7-5-10(6-8-15(19)20)9-11(12)16-13(17)3-2-4-14(16)18/h5-9H,2-4H2,1H3,(H,19,20). The lowest BCUT2D eigenvalue weighted by Gasteiger charge is -2.26. The van der Waals surface area contributed by atoms with Crippen molar-refractivity contribution in [2.75, 3.05) is 12.0 Å². The number of carbonyl (C=O) groups excluding carboxylic acids is 2. The summed E-state index contributed by atoms with van der Waals surface area (Å²) in [6.45, 7) is 0. The minimum absolute atomic E-state index is 0.274. The molecule has 1 saturated heterocycles. The maximum absolute atomic E-state index is 12.0. The van der Waals surface area contributed by atoms with Gasteiger partial charge in [0.2, 0.25) is 11.8 Å². The minimum atomic E-state index is -1.07. The van der Waals surface area contributed by atoms with E-state index in [0.29, 0.717) is 36.3 Å². The molecule has 0 aliphatic carbocycles. The lowest BCUT2D eigenvalue weighted by Crippen LogP contribution is -2.40. The lowest BCUT2D eigenvalue weighted by molar-refractivity contribution is -0.131. The Morgan fingerprint density at radius 1 is 1.29 bits per heavy atom. The van der Waals surface area contributed by atoms with E-state index in [1.807, 2.05) is 0 Å². The van der Waals surface area contributed by atoms with Gasteiger partial charge < -0.3 is 9.84 Å². The van der Waals surface area contributed by atoms with Crippen molar-refractivity contribution >= 4 is 29.5 Å². The van der Waals surface area contributed by atoms with E-state index in [-0.39, 0.29) is 11.8 Å². The van der Waals surface area contributed by atoms with Gasteiger partial charge in [-0.15, -0.1) is 0 Å². The third-order valence-corrected chi connectivity index (χ3v) is 3.14. The molecule has 0 bridgehead atoms. The molecule has 1 aromatic carbocycles. The van der Waals surface area contributed by atoms with Crippen LogP contribution in [0.1, 0.15) is 24.8 Å². The van der Waals surface area contributed by atoms with Crippen LogP contribution in [0.15, 0.2) is 24.3 Å². The summed E-state index contributed by atoms with van der Waals surface area (Å²) >= 11 is 0. The molecule has 1 N–H and O–H groups in total. The number of hydrogen-bond donors (Lipinski definition) is 1. The number of imide groups is 1. The van der Waals surface area contributed by atoms with Crippen molar-refractivity contribution in [2.45, 2.75) is 19.3 Å². The first-order chi connectivity index (χ1) is 10.0. The molecule has 0 aromatic heterocycles. The van der Waals surface area contributed by atoms with E-state index >= 15 is 0 Å². The monoisotopic (exact) mass is 289 g/mol. The summed E-state index contributed by atoms with van der Waals surface area (Å²) in [5.41, 5.74) is 0.916. The van der Waals surface area contributed by atoms with Crippen LogP contribution in [0.4, 0.5) is 5.69 Å². The predicted molar refractivity (Wildman–Crippen MR) is 76.0 cm³/mol. The van der Waals surface area contributed by atoms with E-state index in [1.54, 1.807) is 18.2 Å². The van der Waals surface area contributed by atoms with Crippen molar-refractivity contribution in [3.05, 3.63) is 29.8 Å². The van der Waals surface area contributed by atoms with Gasteiger partial charge in [0, 0.05) is 18.9 Å². The summed E-state index contributed by atoms with van der Waals surface area (Å²) in [6, 6.07) is 4.83.